The minimum Gasteiger partial charge on any atom is -0.390 e. The quantitative estimate of drug-likeness (QED) is 0.695. The van der Waals surface area contributed by atoms with E-state index in [1.807, 2.05) is 0 Å². The summed E-state index contributed by atoms with van der Waals surface area (Å²) >= 11 is 0. The second kappa shape index (κ2) is 5.81. The van der Waals surface area contributed by atoms with Gasteiger partial charge in [0.2, 0.25) is 0 Å². The van der Waals surface area contributed by atoms with Gasteiger partial charge in [-0.1, -0.05) is 20.8 Å². The van der Waals surface area contributed by atoms with Crippen molar-refractivity contribution in [2.75, 3.05) is 0 Å². The van der Waals surface area contributed by atoms with Gasteiger partial charge in [-0.3, -0.25) is 0 Å². The molecule has 0 bridgehead atoms. The molecule has 0 aromatic carbocycles. The van der Waals surface area contributed by atoms with Crippen LogP contribution >= 0.6 is 0 Å². The standard InChI is InChI=1S/C23H38O2/c1-15(14-24)18-7-8-19-17-6-5-16-13-21(2,25)11-12-22(16,3)20(17)9-10-23(18,19)4/h14-20,25H,5-13H2,1-4H3/t15-,16+,17+,18-,19+,20+,21+,22+,23-/m1/s1. The predicted octanol–water partition coefficient (Wildman–Crippen LogP) is 5.23. The minimum atomic E-state index is -0.432. The van der Waals surface area contributed by atoms with Crippen molar-refractivity contribution >= 4 is 6.29 Å². The Bertz CT molecular complexity index is 540. The maximum absolute atomic E-state index is 11.5. The molecule has 0 aromatic heterocycles. The molecular formula is C23H38O2. The van der Waals surface area contributed by atoms with Crippen molar-refractivity contribution in [2.45, 2.75) is 91.1 Å². The molecule has 4 rings (SSSR count). The average Bonchev–Trinajstić information content (AvgIpc) is 2.92. The van der Waals surface area contributed by atoms with Gasteiger partial charge in [0.25, 0.3) is 0 Å². The molecule has 4 aliphatic rings. The molecule has 0 amide bonds. The summed E-state index contributed by atoms with van der Waals surface area (Å²) in [7, 11) is 0. The molecule has 0 unspecified atom stereocenters. The van der Waals surface area contributed by atoms with Gasteiger partial charge in [-0.05, 0) is 105 Å². The number of rotatable bonds is 2. The Labute approximate surface area is 154 Å². The van der Waals surface area contributed by atoms with E-state index >= 15 is 0 Å². The lowest BCUT2D eigenvalue weighted by molar-refractivity contribution is -0.148. The lowest BCUT2D eigenvalue weighted by Crippen LogP contribution is -2.55. The number of aliphatic hydroxyl groups is 1. The van der Waals surface area contributed by atoms with Gasteiger partial charge in [0, 0.05) is 5.92 Å². The van der Waals surface area contributed by atoms with Gasteiger partial charge in [-0.2, -0.15) is 0 Å². The Balaban J connectivity index is 1.59. The second-order valence-electron chi connectivity index (χ2n) is 11.1. The Morgan fingerprint density at radius 1 is 0.920 bits per heavy atom. The molecule has 142 valence electrons. The van der Waals surface area contributed by atoms with Crippen molar-refractivity contribution in [1.29, 1.82) is 0 Å². The normalized spacial score (nSPS) is 56.4. The molecule has 2 nitrogen and oxygen atoms in total. The van der Waals surface area contributed by atoms with Crippen LogP contribution in [0.3, 0.4) is 0 Å². The van der Waals surface area contributed by atoms with Crippen molar-refractivity contribution in [2.24, 2.45) is 46.3 Å². The number of hydrogen-bond donors (Lipinski definition) is 1. The highest BCUT2D eigenvalue weighted by Gasteiger charge is 2.61. The number of aldehydes is 1. The third kappa shape index (κ3) is 2.57. The maximum Gasteiger partial charge on any atom is 0.123 e. The van der Waals surface area contributed by atoms with Gasteiger partial charge >= 0.3 is 0 Å². The highest BCUT2D eigenvalue weighted by atomic mass is 16.3. The fraction of sp³-hybridized carbons (Fsp3) is 0.957. The van der Waals surface area contributed by atoms with Crippen LogP contribution in [-0.2, 0) is 4.79 Å². The van der Waals surface area contributed by atoms with E-state index in [9.17, 15) is 9.90 Å². The largest absolute Gasteiger partial charge is 0.390 e. The van der Waals surface area contributed by atoms with Gasteiger partial charge in [-0.25, -0.2) is 0 Å². The van der Waals surface area contributed by atoms with Crippen LogP contribution < -0.4 is 0 Å². The van der Waals surface area contributed by atoms with Crippen molar-refractivity contribution in [1.82, 2.24) is 0 Å². The number of carbonyl (C=O) groups excluding carboxylic acids is 1. The number of carbonyl (C=O) groups is 1. The van der Waals surface area contributed by atoms with E-state index in [-0.39, 0.29) is 5.92 Å². The highest BCUT2D eigenvalue weighted by Crippen LogP contribution is 2.68. The summed E-state index contributed by atoms with van der Waals surface area (Å²) in [6.07, 6.45) is 12.4. The predicted molar refractivity (Wildman–Crippen MR) is 101 cm³/mol. The van der Waals surface area contributed by atoms with E-state index in [4.69, 9.17) is 0 Å². The molecule has 0 aromatic rings. The topological polar surface area (TPSA) is 37.3 Å². The molecule has 4 fully saturated rings. The zero-order chi connectivity index (χ0) is 18.0. The Hall–Kier alpha value is -0.370. The van der Waals surface area contributed by atoms with Crippen LogP contribution in [0.2, 0.25) is 0 Å². The summed E-state index contributed by atoms with van der Waals surface area (Å²) in [5, 5.41) is 10.6. The van der Waals surface area contributed by atoms with Gasteiger partial charge in [0.05, 0.1) is 5.60 Å². The van der Waals surface area contributed by atoms with E-state index in [1.165, 1.54) is 51.2 Å². The first-order chi connectivity index (χ1) is 11.7. The van der Waals surface area contributed by atoms with E-state index in [0.717, 1.165) is 30.6 Å². The van der Waals surface area contributed by atoms with Gasteiger partial charge in [-0.15, -0.1) is 0 Å². The molecule has 0 radical (unpaired) electrons. The number of fused-ring (bicyclic) bond motifs is 5. The lowest BCUT2D eigenvalue weighted by atomic mass is 9.43. The zero-order valence-corrected chi connectivity index (χ0v) is 16.8. The van der Waals surface area contributed by atoms with Crippen molar-refractivity contribution in [3.8, 4) is 0 Å². The molecule has 0 spiro atoms. The first-order valence-corrected chi connectivity index (χ1v) is 10.9. The van der Waals surface area contributed by atoms with Gasteiger partial charge in [0.15, 0.2) is 0 Å². The third-order valence-electron chi connectivity index (χ3n) is 9.88. The molecule has 0 heterocycles. The molecule has 4 aliphatic carbocycles. The summed E-state index contributed by atoms with van der Waals surface area (Å²) in [5.74, 6) is 4.10. The van der Waals surface area contributed by atoms with E-state index in [0.29, 0.717) is 22.7 Å². The second-order valence-corrected chi connectivity index (χ2v) is 11.1. The Morgan fingerprint density at radius 2 is 1.64 bits per heavy atom. The smallest absolute Gasteiger partial charge is 0.123 e. The molecule has 4 saturated carbocycles. The molecule has 9 atom stereocenters. The Kier molecular flexibility index (Phi) is 4.19. The van der Waals surface area contributed by atoms with Crippen LogP contribution in [0, 0.1) is 46.3 Å². The highest BCUT2D eigenvalue weighted by molar-refractivity contribution is 5.53. The van der Waals surface area contributed by atoms with E-state index < -0.39 is 5.60 Å². The minimum absolute atomic E-state index is 0.225. The van der Waals surface area contributed by atoms with Crippen LogP contribution in [0.1, 0.15) is 85.5 Å². The summed E-state index contributed by atoms with van der Waals surface area (Å²) in [5.41, 5.74) is 0.406. The van der Waals surface area contributed by atoms with Crippen LogP contribution in [-0.4, -0.2) is 17.0 Å². The fourth-order valence-electron chi connectivity index (χ4n) is 8.43. The zero-order valence-electron chi connectivity index (χ0n) is 16.8. The monoisotopic (exact) mass is 346 g/mol. The van der Waals surface area contributed by atoms with Crippen LogP contribution in [0.5, 0.6) is 0 Å². The van der Waals surface area contributed by atoms with E-state index in [2.05, 4.69) is 27.7 Å². The molecule has 0 saturated heterocycles. The van der Waals surface area contributed by atoms with Crippen molar-refractivity contribution < 1.29 is 9.90 Å². The van der Waals surface area contributed by atoms with Gasteiger partial charge in [0.1, 0.15) is 6.29 Å². The molecule has 2 heteroatoms. The van der Waals surface area contributed by atoms with Crippen LogP contribution in [0.15, 0.2) is 0 Å². The fourth-order valence-corrected chi connectivity index (χ4v) is 8.43. The average molecular weight is 347 g/mol. The summed E-state index contributed by atoms with van der Waals surface area (Å²) < 4.78 is 0. The van der Waals surface area contributed by atoms with Gasteiger partial charge < -0.3 is 9.90 Å². The first kappa shape index (κ1) is 18.0. The maximum atomic E-state index is 11.5. The molecule has 0 aliphatic heterocycles. The third-order valence-corrected chi connectivity index (χ3v) is 9.88. The molecule has 1 N–H and O–H groups in total. The molecular weight excluding hydrogens is 308 g/mol. The van der Waals surface area contributed by atoms with Crippen molar-refractivity contribution in [3.63, 3.8) is 0 Å². The van der Waals surface area contributed by atoms with Crippen molar-refractivity contribution in [3.05, 3.63) is 0 Å². The van der Waals surface area contributed by atoms with Crippen LogP contribution in [0.4, 0.5) is 0 Å². The molecule has 25 heavy (non-hydrogen) atoms. The summed E-state index contributed by atoms with van der Waals surface area (Å²) in [6.45, 7) is 9.29. The lowest BCUT2D eigenvalue weighted by Gasteiger charge is -2.62. The van der Waals surface area contributed by atoms with E-state index in [1.54, 1.807) is 0 Å². The SMILES string of the molecule is C[C@H](C=O)[C@H]1CC[C@H]2[C@@H]3CC[C@H]4C[C@@](C)(O)CC[C@]4(C)[C@H]3CC[C@]12C. The van der Waals surface area contributed by atoms with Crippen LogP contribution in [0.25, 0.3) is 0 Å². The summed E-state index contributed by atoms with van der Waals surface area (Å²) in [4.78, 5) is 11.5. The summed E-state index contributed by atoms with van der Waals surface area (Å²) in [6, 6.07) is 0. The first-order valence-electron chi connectivity index (χ1n) is 10.9. The Morgan fingerprint density at radius 3 is 2.36 bits per heavy atom. The number of hydrogen-bond acceptors (Lipinski definition) is 2.